The van der Waals surface area contributed by atoms with E-state index in [4.69, 9.17) is 0 Å². The summed E-state index contributed by atoms with van der Waals surface area (Å²) in [7, 11) is 0. The Hall–Kier alpha value is 1.95. The molecule has 0 aliphatic carbocycles. The zero-order chi connectivity index (χ0) is 3.58. The lowest BCUT2D eigenvalue weighted by Crippen LogP contribution is -1.60. The highest BCUT2D eigenvalue weighted by Crippen LogP contribution is 2.07. The molecule has 0 heterocycles. The molecule has 0 rings (SSSR count). The second kappa shape index (κ2) is 5.95. The van der Waals surface area contributed by atoms with Crippen LogP contribution < -0.4 is 0 Å². The van der Waals surface area contributed by atoms with Crippen molar-refractivity contribution in [2.45, 2.75) is 0 Å². The average molecular weight is 305 g/mol. The molecule has 0 aliphatic rings. The molecule has 0 N–H and O–H groups in total. The Kier molecular flexibility index (Phi) is 11.9. The molecule has 0 saturated carbocycles. The van der Waals surface area contributed by atoms with E-state index in [1.807, 2.05) is 0 Å². The topological polar surface area (TPSA) is 0 Å². The fraction of sp³-hybridized carbons (Fsp3) is 0. The van der Waals surface area contributed by atoms with Crippen LogP contribution >= 0.6 is 58.3 Å². The third-order valence-electron chi connectivity index (χ3n) is 0. The highest BCUT2D eigenvalue weighted by Gasteiger charge is 1.82. The van der Waals surface area contributed by atoms with Gasteiger partial charge < -0.3 is 0 Å². The van der Waals surface area contributed by atoms with Crippen LogP contribution in [0.25, 0.3) is 0 Å². The van der Waals surface area contributed by atoms with Crippen LogP contribution in [0.5, 0.6) is 0 Å². The van der Waals surface area contributed by atoms with Gasteiger partial charge in [-0.1, -0.05) is 0 Å². The standard InChI is InChI=1S/Br3HSi.ClH/c1-4(2)3;/h4H;1H. The fourth-order valence-electron chi connectivity index (χ4n) is 0. The predicted octanol–water partition coefficient (Wildman–Crippen LogP) is 2.31. The number of halogens is 4. The molecule has 0 unspecified atom stereocenters. The first-order valence-electron chi connectivity index (χ1n) is 0.655. The van der Waals surface area contributed by atoms with Gasteiger partial charge in [0.05, 0.1) is 0 Å². The van der Waals surface area contributed by atoms with Crippen molar-refractivity contribution in [2.24, 2.45) is 0 Å². The van der Waals surface area contributed by atoms with Crippen LogP contribution in [0.1, 0.15) is 0 Å². The Bertz CT molecular complexity index is 11.6. The van der Waals surface area contributed by atoms with Crippen LogP contribution in [0.4, 0.5) is 0 Å². The van der Waals surface area contributed by atoms with Gasteiger partial charge in [0.1, 0.15) is 0 Å². The summed E-state index contributed by atoms with van der Waals surface area (Å²) in [6, 6.07) is 0. The maximum Gasteiger partial charge on any atom is 0.253 e. The van der Waals surface area contributed by atoms with Crippen LogP contribution in [-0.4, -0.2) is 4.65 Å². The Morgan fingerprint density at radius 3 is 1.00 bits per heavy atom. The van der Waals surface area contributed by atoms with E-state index < -0.39 is 4.65 Å². The van der Waals surface area contributed by atoms with E-state index in [-0.39, 0.29) is 12.4 Å². The molecule has 5 heavy (non-hydrogen) atoms. The van der Waals surface area contributed by atoms with E-state index in [0.717, 1.165) is 0 Å². The second-order valence-corrected chi connectivity index (χ2v) is 20.0. The minimum Gasteiger partial charge on any atom is -0.147 e. The van der Waals surface area contributed by atoms with Crippen LogP contribution in [-0.2, 0) is 0 Å². The summed E-state index contributed by atoms with van der Waals surface area (Å²) >= 11 is 9.73. The van der Waals surface area contributed by atoms with Gasteiger partial charge in [-0.2, -0.15) is 0 Å². The van der Waals surface area contributed by atoms with Crippen LogP contribution in [0.15, 0.2) is 0 Å². The average Bonchev–Trinajstić information content (AvgIpc) is 0.811. The van der Waals surface area contributed by atoms with Gasteiger partial charge in [0.15, 0.2) is 0 Å². The second-order valence-electron chi connectivity index (χ2n) is 0.247. The Balaban J connectivity index is 0. The van der Waals surface area contributed by atoms with Gasteiger partial charge in [-0.05, 0) is 0 Å². The van der Waals surface area contributed by atoms with Crippen molar-refractivity contribution in [1.82, 2.24) is 0 Å². The summed E-state index contributed by atoms with van der Waals surface area (Å²) in [5.74, 6) is 0. The lowest BCUT2D eigenvalue weighted by Gasteiger charge is -1.66. The molecule has 0 amide bonds. The largest absolute Gasteiger partial charge is 0.253 e. The lowest BCUT2D eigenvalue weighted by atomic mass is 28.0. The number of hydrogen-bond acceptors (Lipinski definition) is 0. The van der Waals surface area contributed by atoms with Gasteiger partial charge in [-0.15, -0.1) is 58.3 Å². The van der Waals surface area contributed by atoms with Crippen molar-refractivity contribution >= 4 is 62.9 Å². The van der Waals surface area contributed by atoms with Gasteiger partial charge in [0.2, 0.25) is 0 Å². The molecule has 0 radical (unpaired) electrons. The number of hydrogen-bond donors (Lipinski definition) is 0. The highest BCUT2D eigenvalue weighted by molar-refractivity contribution is 9.69. The zero-order valence-corrected chi connectivity index (χ0v) is 8.85. The molecular weight excluding hydrogens is 303 g/mol. The monoisotopic (exact) mass is 302 g/mol. The van der Waals surface area contributed by atoms with E-state index in [1.54, 1.807) is 0 Å². The first kappa shape index (κ1) is 10.0. The van der Waals surface area contributed by atoms with E-state index >= 15 is 0 Å². The molecular formula is H2Br3ClSi. The van der Waals surface area contributed by atoms with Crippen molar-refractivity contribution in [1.29, 1.82) is 0 Å². The first-order valence-corrected chi connectivity index (χ1v) is 10.2. The van der Waals surface area contributed by atoms with Gasteiger partial charge in [-0.3, -0.25) is 0 Å². The fourth-order valence-corrected chi connectivity index (χ4v) is 0. The molecule has 0 bridgehead atoms. The van der Waals surface area contributed by atoms with E-state index in [2.05, 4.69) is 45.9 Å². The van der Waals surface area contributed by atoms with Crippen molar-refractivity contribution in [3.8, 4) is 0 Å². The van der Waals surface area contributed by atoms with E-state index in [1.165, 1.54) is 0 Å². The van der Waals surface area contributed by atoms with Crippen molar-refractivity contribution in [3.05, 3.63) is 0 Å². The minimum absolute atomic E-state index is 0. The van der Waals surface area contributed by atoms with Crippen LogP contribution in [0, 0.1) is 0 Å². The van der Waals surface area contributed by atoms with Crippen molar-refractivity contribution < 1.29 is 0 Å². The maximum atomic E-state index is 3.24. The molecule has 5 heteroatoms. The third kappa shape index (κ3) is 24.4. The summed E-state index contributed by atoms with van der Waals surface area (Å²) < 4.78 is -0.701. The molecule has 0 fully saturated rings. The van der Waals surface area contributed by atoms with Gasteiger partial charge in [0, 0.05) is 0 Å². The Labute approximate surface area is 62.5 Å². The summed E-state index contributed by atoms with van der Waals surface area (Å²) in [6.45, 7) is 0. The van der Waals surface area contributed by atoms with Gasteiger partial charge in [0.25, 0.3) is 4.65 Å². The molecule has 0 aliphatic heterocycles. The van der Waals surface area contributed by atoms with E-state index in [9.17, 15) is 0 Å². The summed E-state index contributed by atoms with van der Waals surface area (Å²) in [4.78, 5) is 0. The molecule has 0 aromatic rings. The lowest BCUT2D eigenvalue weighted by molar-refractivity contribution is 4.99. The van der Waals surface area contributed by atoms with Crippen LogP contribution in [0.3, 0.4) is 0 Å². The molecule has 0 nitrogen and oxygen atoms in total. The highest BCUT2D eigenvalue weighted by atomic mass is 80.0. The molecule has 0 spiro atoms. The zero-order valence-electron chi connectivity index (χ0n) is 2.12. The SMILES string of the molecule is Br[SiH](Br)Br.Cl. The molecule has 0 aromatic heterocycles. The predicted molar refractivity (Wildman–Crippen MR) is 41.2 cm³/mol. The molecule has 34 valence electrons. The van der Waals surface area contributed by atoms with Crippen LogP contribution in [0.2, 0.25) is 0 Å². The van der Waals surface area contributed by atoms with Crippen molar-refractivity contribution in [2.75, 3.05) is 0 Å². The third-order valence-corrected chi connectivity index (χ3v) is 0. The number of rotatable bonds is 0. The minimum atomic E-state index is -0.701. The first-order chi connectivity index (χ1) is 1.73. The molecule has 0 aromatic carbocycles. The van der Waals surface area contributed by atoms with Gasteiger partial charge >= 0.3 is 0 Å². The normalized spacial score (nSPS) is 7.20. The maximum absolute atomic E-state index is 3.24. The summed E-state index contributed by atoms with van der Waals surface area (Å²) in [5.41, 5.74) is 0. The Morgan fingerprint density at radius 2 is 1.00 bits per heavy atom. The summed E-state index contributed by atoms with van der Waals surface area (Å²) in [5, 5.41) is 0. The van der Waals surface area contributed by atoms with Crippen molar-refractivity contribution in [3.63, 3.8) is 0 Å². The Morgan fingerprint density at radius 1 is 1.00 bits per heavy atom. The quantitative estimate of drug-likeness (QED) is 0.476. The smallest absolute Gasteiger partial charge is 0.147 e. The van der Waals surface area contributed by atoms with Gasteiger partial charge in [-0.25, -0.2) is 0 Å². The molecule has 0 saturated heterocycles. The molecule has 0 atom stereocenters. The summed E-state index contributed by atoms with van der Waals surface area (Å²) in [6.07, 6.45) is 0. The van der Waals surface area contributed by atoms with E-state index in [0.29, 0.717) is 0 Å².